The van der Waals surface area contributed by atoms with Gasteiger partial charge in [-0.15, -0.1) is 0 Å². The van der Waals surface area contributed by atoms with Gasteiger partial charge >= 0.3 is 0 Å². The zero-order valence-corrected chi connectivity index (χ0v) is 10.4. The van der Waals surface area contributed by atoms with Crippen molar-refractivity contribution in [1.29, 1.82) is 0 Å². The van der Waals surface area contributed by atoms with Crippen molar-refractivity contribution in [2.24, 2.45) is 22.2 Å². The normalized spacial score (nSPS) is 26.2. The molecule has 94 valence electrons. The van der Waals surface area contributed by atoms with E-state index in [1.807, 2.05) is 6.92 Å². The summed E-state index contributed by atoms with van der Waals surface area (Å²) in [7, 11) is 0. The molecule has 1 heterocycles. The van der Waals surface area contributed by atoms with Gasteiger partial charge in [0.15, 0.2) is 5.84 Å². The first-order valence-corrected chi connectivity index (χ1v) is 5.76. The van der Waals surface area contributed by atoms with Crippen LogP contribution in [0, 0.1) is 11.3 Å². The van der Waals surface area contributed by atoms with Gasteiger partial charge in [0.25, 0.3) is 0 Å². The summed E-state index contributed by atoms with van der Waals surface area (Å²) in [6.07, 6.45) is 0. The third-order valence-electron chi connectivity index (χ3n) is 3.25. The average molecular weight is 229 g/mol. The van der Waals surface area contributed by atoms with Gasteiger partial charge in [0.1, 0.15) is 0 Å². The number of nitrogens with zero attached hydrogens (tertiary/aromatic N) is 2. The van der Waals surface area contributed by atoms with Crippen molar-refractivity contribution in [2.45, 2.75) is 20.8 Å². The predicted octanol–water partition coefficient (Wildman–Crippen LogP) is 0.727. The maximum absolute atomic E-state index is 8.54. The lowest BCUT2D eigenvalue weighted by atomic mass is 9.83. The molecule has 0 aromatic rings. The van der Waals surface area contributed by atoms with Crippen LogP contribution in [0.25, 0.3) is 0 Å². The Labute approximate surface area is 97.2 Å². The summed E-state index contributed by atoms with van der Waals surface area (Å²) >= 11 is 0. The molecule has 0 aromatic carbocycles. The van der Waals surface area contributed by atoms with Crippen LogP contribution in [0.15, 0.2) is 5.16 Å². The monoisotopic (exact) mass is 229 g/mol. The van der Waals surface area contributed by atoms with Crippen LogP contribution in [0.5, 0.6) is 0 Å². The molecule has 0 saturated carbocycles. The smallest absolute Gasteiger partial charge is 0.153 e. The zero-order valence-electron chi connectivity index (χ0n) is 10.4. The van der Waals surface area contributed by atoms with Crippen molar-refractivity contribution in [2.75, 3.05) is 32.8 Å². The molecule has 1 rings (SSSR count). The summed E-state index contributed by atoms with van der Waals surface area (Å²) in [5.74, 6) is 0.784. The number of nitrogens with two attached hydrogens (primary N) is 1. The molecule has 5 heteroatoms. The van der Waals surface area contributed by atoms with Crippen LogP contribution < -0.4 is 5.73 Å². The topological polar surface area (TPSA) is 71.1 Å². The van der Waals surface area contributed by atoms with Crippen LogP contribution >= 0.6 is 0 Å². The van der Waals surface area contributed by atoms with Crippen LogP contribution in [0.1, 0.15) is 20.8 Å². The van der Waals surface area contributed by atoms with E-state index in [1.165, 1.54) is 0 Å². The molecule has 0 amide bonds. The molecular weight excluding hydrogens is 206 g/mol. The molecule has 1 atom stereocenters. The fraction of sp³-hybridized carbons (Fsp3) is 0.909. The van der Waals surface area contributed by atoms with E-state index < -0.39 is 0 Å². The second-order valence-corrected chi connectivity index (χ2v) is 5.11. The number of hydrogen-bond donors (Lipinski definition) is 2. The third-order valence-corrected chi connectivity index (χ3v) is 3.25. The number of ether oxygens (including phenoxy) is 1. The molecule has 1 unspecified atom stereocenters. The van der Waals surface area contributed by atoms with E-state index >= 15 is 0 Å². The highest BCUT2D eigenvalue weighted by molar-refractivity contribution is 5.81. The van der Waals surface area contributed by atoms with E-state index in [4.69, 9.17) is 15.7 Å². The predicted molar refractivity (Wildman–Crippen MR) is 63.6 cm³/mol. The molecular formula is C11H23N3O2. The molecule has 1 aliphatic heterocycles. The Kier molecular flexibility index (Phi) is 4.56. The van der Waals surface area contributed by atoms with Gasteiger partial charge in [0.05, 0.1) is 13.2 Å². The van der Waals surface area contributed by atoms with E-state index in [1.54, 1.807) is 0 Å². The van der Waals surface area contributed by atoms with Crippen LogP contribution in [0.4, 0.5) is 0 Å². The number of hydrogen-bond acceptors (Lipinski definition) is 4. The summed E-state index contributed by atoms with van der Waals surface area (Å²) in [5.41, 5.74) is 5.74. The van der Waals surface area contributed by atoms with E-state index in [2.05, 4.69) is 23.9 Å². The lowest BCUT2D eigenvalue weighted by Crippen LogP contribution is -2.33. The Hall–Kier alpha value is -0.810. The third kappa shape index (κ3) is 3.35. The number of oxime groups is 1. The molecule has 1 saturated heterocycles. The largest absolute Gasteiger partial charge is 0.409 e. The minimum Gasteiger partial charge on any atom is -0.409 e. The highest BCUT2D eigenvalue weighted by Crippen LogP contribution is 2.35. The van der Waals surface area contributed by atoms with Gasteiger partial charge < -0.3 is 15.7 Å². The average Bonchev–Trinajstić information content (AvgIpc) is 2.49. The Balaban J connectivity index is 2.50. The van der Waals surface area contributed by atoms with Gasteiger partial charge in [0.2, 0.25) is 0 Å². The summed E-state index contributed by atoms with van der Waals surface area (Å²) in [4.78, 5) is 2.21. The zero-order chi connectivity index (χ0) is 12.2. The van der Waals surface area contributed by atoms with Crippen molar-refractivity contribution in [3.05, 3.63) is 0 Å². The Morgan fingerprint density at radius 1 is 1.62 bits per heavy atom. The highest BCUT2D eigenvalue weighted by atomic mass is 16.5. The van der Waals surface area contributed by atoms with Crippen LogP contribution in [0.3, 0.4) is 0 Å². The maximum Gasteiger partial charge on any atom is 0.153 e. The molecule has 0 aliphatic carbocycles. The van der Waals surface area contributed by atoms with Gasteiger partial charge in [-0.3, -0.25) is 4.90 Å². The minimum absolute atomic E-state index is 0.227. The SMILES string of the molecule is CCOCC1CN(C/C(N)=N/O)CC1(C)C. The second-order valence-electron chi connectivity index (χ2n) is 5.11. The molecule has 16 heavy (non-hydrogen) atoms. The van der Waals surface area contributed by atoms with Crippen LogP contribution in [-0.4, -0.2) is 48.8 Å². The van der Waals surface area contributed by atoms with Crippen molar-refractivity contribution >= 4 is 5.84 Å². The highest BCUT2D eigenvalue weighted by Gasteiger charge is 2.39. The van der Waals surface area contributed by atoms with Crippen LogP contribution in [-0.2, 0) is 4.74 Å². The molecule has 5 nitrogen and oxygen atoms in total. The van der Waals surface area contributed by atoms with Gasteiger partial charge in [0, 0.05) is 25.6 Å². The molecule has 0 aromatic heterocycles. The number of amidine groups is 1. The first-order valence-electron chi connectivity index (χ1n) is 5.76. The van der Waals surface area contributed by atoms with Crippen molar-refractivity contribution < 1.29 is 9.94 Å². The molecule has 0 radical (unpaired) electrons. The molecule has 3 N–H and O–H groups in total. The van der Waals surface area contributed by atoms with Crippen molar-refractivity contribution in [3.63, 3.8) is 0 Å². The maximum atomic E-state index is 8.54. The fourth-order valence-electron chi connectivity index (χ4n) is 2.25. The number of rotatable bonds is 5. The first kappa shape index (κ1) is 13.3. The molecule has 1 fully saturated rings. The van der Waals surface area contributed by atoms with E-state index in [0.29, 0.717) is 12.5 Å². The van der Waals surface area contributed by atoms with Gasteiger partial charge in [-0.1, -0.05) is 19.0 Å². The lowest BCUT2D eigenvalue weighted by molar-refractivity contribution is 0.0797. The Morgan fingerprint density at radius 2 is 2.31 bits per heavy atom. The van der Waals surface area contributed by atoms with Gasteiger partial charge in [-0.05, 0) is 12.3 Å². The molecule has 1 aliphatic rings. The molecule has 0 spiro atoms. The quantitative estimate of drug-likeness (QED) is 0.315. The van der Waals surface area contributed by atoms with Gasteiger partial charge in [-0.2, -0.15) is 0 Å². The lowest BCUT2D eigenvalue weighted by Gasteiger charge is -2.25. The standard InChI is InChI=1S/C11H23N3O2/c1-4-16-7-9-5-14(6-10(12)13-15)8-11(9,2)3/h9,15H,4-8H2,1-3H3,(H2,12,13). The summed E-state index contributed by atoms with van der Waals surface area (Å²) in [6, 6.07) is 0. The summed E-state index contributed by atoms with van der Waals surface area (Å²) in [5, 5.41) is 11.6. The summed E-state index contributed by atoms with van der Waals surface area (Å²) < 4.78 is 5.50. The van der Waals surface area contributed by atoms with E-state index in [-0.39, 0.29) is 11.3 Å². The minimum atomic E-state index is 0.227. The van der Waals surface area contributed by atoms with Crippen molar-refractivity contribution in [3.8, 4) is 0 Å². The van der Waals surface area contributed by atoms with Gasteiger partial charge in [-0.25, -0.2) is 0 Å². The Morgan fingerprint density at radius 3 is 2.88 bits per heavy atom. The Bertz CT molecular complexity index is 254. The van der Waals surface area contributed by atoms with E-state index in [0.717, 1.165) is 26.3 Å². The fourth-order valence-corrected chi connectivity index (χ4v) is 2.25. The summed E-state index contributed by atoms with van der Waals surface area (Å²) in [6.45, 7) is 10.5. The second kappa shape index (κ2) is 5.50. The molecule has 0 bridgehead atoms. The van der Waals surface area contributed by atoms with Crippen molar-refractivity contribution in [1.82, 2.24) is 4.90 Å². The first-order chi connectivity index (χ1) is 7.49. The van der Waals surface area contributed by atoms with E-state index in [9.17, 15) is 0 Å². The van der Waals surface area contributed by atoms with Crippen LogP contribution in [0.2, 0.25) is 0 Å². The number of likely N-dealkylation sites (tertiary alicyclic amines) is 1.